The lowest BCUT2D eigenvalue weighted by Gasteiger charge is -2.27. The molecule has 0 aromatic heterocycles. The highest BCUT2D eigenvalue weighted by Crippen LogP contribution is 2.43. The van der Waals surface area contributed by atoms with Crippen molar-refractivity contribution in [2.24, 2.45) is 0 Å². The third-order valence-electron chi connectivity index (χ3n) is 14.2. The van der Waals surface area contributed by atoms with Crippen molar-refractivity contribution in [1.29, 1.82) is 0 Å². The number of unbranched alkanes of at least 4 members (excludes halogenated alkanes) is 34. The number of likely N-dealkylation sites (N-methyl/N-ethyl adjacent to an activating group) is 1. The summed E-state index contributed by atoms with van der Waals surface area (Å²) < 4.78 is 30.7. The number of hydrogen-bond donors (Lipinski definition) is 2. The van der Waals surface area contributed by atoms with Gasteiger partial charge in [0.1, 0.15) is 19.3 Å². The molecule has 0 aliphatic rings. The second-order valence-corrected chi connectivity index (χ2v) is 24.4. The average Bonchev–Trinajstić information content (AvgIpc) is 3.38. The summed E-state index contributed by atoms with van der Waals surface area (Å²) in [6, 6.07) is -0.876. The molecule has 0 saturated carbocycles. The Morgan fingerprint density at radius 1 is 0.461 bits per heavy atom. The molecule has 444 valence electrons. The molecule has 0 aliphatic carbocycles. The molecule has 3 unspecified atom stereocenters. The van der Waals surface area contributed by atoms with Crippen LogP contribution in [-0.2, 0) is 27.9 Å². The number of quaternary nitrogens is 1. The van der Waals surface area contributed by atoms with Crippen molar-refractivity contribution in [1.82, 2.24) is 5.32 Å². The minimum absolute atomic E-state index is 0.0302. The Balaban J connectivity index is 5.26. The number of amides is 1. The van der Waals surface area contributed by atoms with Crippen molar-refractivity contribution in [2.45, 2.75) is 309 Å². The maximum absolute atomic E-state index is 13.5. The van der Waals surface area contributed by atoms with Crippen LogP contribution < -0.4 is 5.32 Å². The van der Waals surface area contributed by atoms with Gasteiger partial charge in [-0.3, -0.25) is 18.6 Å². The molecule has 2 N–H and O–H groups in total. The number of phosphoric acid groups is 1. The number of nitrogens with one attached hydrogen (secondary N) is 1. The van der Waals surface area contributed by atoms with E-state index in [0.717, 1.165) is 64.2 Å². The molecular weight excluding hydrogens is 964 g/mol. The van der Waals surface area contributed by atoms with Gasteiger partial charge >= 0.3 is 13.8 Å². The number of carbonyl (C=O) groups is 2. The first kappa shape index (κ1) is 73.7. The quantitative estimate of drug-likeness (QED) is 0.0205. The van der Waals surface area contributed by atoms with Crippen LogP contribution in [0.25, 0.3) is 0 Å². The molecule has 3 atom stereocenters. The summed E-state index contributed by atoms with van der Waals surface area (Å²) in [5.74, 6) is -0.561. The van der Waals surface area contributed by atoms with Gasteiger partial charge in [0.05, 0.1) is 33.8 Å². The van der Waals surface area contributed by atoms with E-state index in [0.29, 0.717) is 17.4 Å². The lowest BCUT2D eigenvalue weighted by atomic mass is 10.0. The fourth-order valence-electron chi connectivity index (χ4n) is 9.23. The van der Waals surface area contributed by atoms with Crippen LogP contribution in [-0.4, -0.2) is 74.3 Å². The maximum atomic E-state index is 13.5. The molecule has 0 rings (SSSR count). The van der Waals surface area contributed by atoms with Gasteiger partial charge in [0.15, 0.2) is 0 Å². The number of rotatable bonds is 58. The van der Waals surface area contributed by atoms with Gasteiger partial charge in [0.2, 0.25) is 5.91 Å². The summed E-state index contributed by atoms with van der Waals surface area (Å²) in [4.78, 5) is 37.7. The van der Waals surface area contributed by atoms with E-state index < -0.39 is 20.0 Å². The molecule has 0 radical (unpaired) electrons. The molecule has 0 aliphatic heterocycles. The van der Waals surface area contributed by atoms with Crippen molar-refractivity contribution in [2.75, 3.05) is 40.9 Å². The highest BCUT2D eigenvalue weighted by molar-refractivity contribution is 7.47. The zero-order chi connectivity index (χ0) is 55.7. The van der Waals surface area contributed by atoms with E-state index in [1.807, 2.05) is 33.3 Å². The molecular formula is C66H124N2O7P+. The van der Waals surface area contributed by atoms with Crippen LogP contribution in [0.2, 0.25) is 0 Å². The summed E-state index contributed by atoms with van der Waals surface area (Å²) in [6.07, 6.45) is 70.9. The topological polar surface area (TPSA) is 111 Å². The predicted octanol–water partition coefficient (Wildman–Crippen LogP) is 19.8. The predicted molar refractivity (Wildman–Crippen MR) is 328 cm³/mol. The summed E-state index contributed by atoms with van der Waals surface area (Å²) in [5.41, 5.74) is 0. The Morgan fingerprint density at radius 3 is 1.25 bits per heavy atom. The first-order valence-corrected chi connectivity index (χ1v) is 33.6. The standard InChI is InChI=1S/C66H123N2O7P/c1-7-10-13-16-19-22-25-28-30-32-33-34-35-37-39-41-44-47-50-53-56-59-66(70)75-64(57-54-51-48-45-42-27-24-21-18-15-12-9-3)63(62-74-76(71,72)73-61-60-68(4,5)6)67-65(69)58-55-52-49-46-43-40-38-36-31-29-26-23-20-17-14-11-8-2/h20,23,29,31,38,40,46,49,54,57,63-64H,7-19,21-22,24-28,30,32-37,39,41-45,47-48,50-53,55-56,58-62H2,1-6H3,(H-,67,69,71,72)/p+1/b23-20-,31-29-,40-38-,49-46-,57-54+. The van der Waals surface area contributed by atoms with Crippen LogP contribution in [0, 0.1) is 0 Å². The number of carbonyl (C=O) groups excluding carboxylic acids is 2. The van der Waals surface area contributed by atoms with Crippen molar-refractivity contribution in [3.8, 4) is 0 Å². The van der Waals surface area contributed by atoms with Crippen LogP contribution >= 0.6 is 7.82 Å². The van der Waals surface area contributed by atoms with Gasteiger partial charge < -0.3 is 19.4 Å². The first-order chi connectivity index (χ1) is 36.9. The highest BCUT2D eigenvalue weighted by atomic mass is 31.2. The van der Waals surface area contributed by atoms with Crippen molar-refractivity contribution in [3.63, 3.8) is 0 Å². The van der Waals surface area contributed by atoms with Crippen LogP contribution in [0.3, 0.4) is 0 Å². The molecule has 0 saturated heterocycles. The minimum Gasteiger partial charge on any atom is -0.456 e. The van der Waals surface area contributed by atoms with Gasteiger partial charge in [-0.2, -0.15) is 0 Å². The molecule has 9 nitrogen and oxygen atoms in total. The number of nitrogens with zero attached hydrogens (tertiary/aromatic N) is 1. The van der Waals surface area contributed by atoms with Crippen LogP contribution in [0.15, 0.2) is 60.8 Å². The average molecular weight is 1090 g/mol. The van der Waals surface area contributed by atoms with Crippen LogP contribution in [0.5, 0.6) is 0 Å². The van der Waals surface area contributed by atoms with Crippen LogP contribution in [0.1, 0.15) is 297 Å². The Morgan fingerprint density at radius 2 is 0.816 bits per heavy atom. The summed E-state index contributed by atoms with van der Waals surface area (Å²) >= 11 is 0. The fraction of sp³-hybridized carbons (Fsp3) is 0.818. The molecule has 0 aromatic rings. The van der Waals surface area contributed by atoms with E-state index in [1.165, 1.54) is 193 Å². The maximum Gasteiger partial charge on any atom is 0.472 e. The molecule has 0 bridgehead atoms. The molecule has 0 spiro atoms. The smallest absolute Gasteiger partial charge is 0.456 e. The van der Waals surface area contributed by atoms with Crippen LogP contribution in [0.4, 0.5) is 0 Å². The number of phosphoric ester groups is 1. The number of ether oxygens (including phenoxy) is 1. The van der Waals surface area contributed by atoms with E-state index in [2.05, 4.69) is 74.7 Å². The van der Waals surface area contributed by atoms with E-state index >= 15 is 0 Å². The van der Waals surface area contributed by atoms with Gasteiger partial charge in [-0.15, -0.1) is 0 Å². The zero-order valence-electron chi connectivity index (χ0n) is 50.7. The number of hydrogen-bond acceptors (Lipinski definition) is 6. The Kier molecular flexibility index (Phi) is 54.3. The van der Waals surface area contributed by atoms with E-state index in [9.17, 15) is 19.0 Å². The lowest BCUT2D eigenvalue weighted by Crippen LogP contribution is -2.47. The lowest BCUT2D eigenvalue weighted by molar-refractivity contribution is -0.870. The number of allylic oxidation sites excluding steroid dienone is 9. The number of esters is 1. The van der Waals surface area contributed by atoms with Gasteiger partial charge in [0, 0.05) is 12.8 Å². The van der Waals surface area contributed by atoms with Crippen molar-refractivity contribution >= 4 is 19.7 Å². The fourth-order valence-corrected chi connectivity index (χ4v) is 9.96. The van der Waals surface area contributed by atoms with E-state index in [-0.39, 0.29) is 37.9 Å². The van der Waals surface area contributed by atoms with Gasteiger partial charge in [0.25, 0.3) is 0 Å². The highest BCUT2D eigenvalue weighted by Gasteiger charge is 2.30. The monoisotopic (exact) mass is 1090 g/mol. The SMILES string of the molecule is CCCCC/C=C\C/C=C\C/C=C\C/C=C\CCCC(=O)NC(COP(=O)(O)OCC[N+](C)(C)C)C(/C=C/CCCCCCCCCCCC)OC(=O)CCCCCCCCCCCCCCCCCCCCCCC. The Labute approximate surface area is 471 Å². The molecule has 76 heavy (non-hydrogen) atoms. The van der Waals surface area contributed by atoms with E-state index in [1.54, 1.807) is 0 Å². The molecule has 1 amide bonds. The third kappa shape index (κ3) is 56.4. The zero-order valence-corrected chi connectivity index (χ0v) is 51.6. The van der Waals surface area contributed by atoms with Gasteiger partial charge in [-0.25, -0.2) is 4.57 Å². The van der Waals surface area contributed by atoms with Gasteiger partial charge in [-0.05, 0) is 70.3 Å². The Bertz CT molecular complexity index is 1490. The molecule has 0 fully saturated rings. The van der Waals surface area contributed by atoms with E-state index in [4.69, 9.17) is 13.8 Å². The second-order valence-electron chi connectivity index (χ2n) is 22.9. The third-order valence-corrected chi connectivity index (χ3v) is 15.2. The minimum atomic E-state index is -4.46. The first-order valence-electron chi connectivity index (χ1n) is 32.1. The largest absolute Gasteiger partial charge is 0.472 e. The molecule has 0 aromatic carbocycles. The molecule has 10 heteroatoms. The van der Waals surface area contributed by atoms with Crippen molar-refractivity contribution < 1.29 is 37.3 Å². The molecule has 0 heterocycles. The normalized spacial score (nSPS) is 14.0. The summed E-state index contributed by atoms with van der Waals surface area (Å²) in [6.45, 7) is 6.97. The van der Waals surface area contributed by atoms with Crippen molar-refractivity contribution in [3.05, 3.63) is 60.8 Å². The second kappa shape index (κ2) is 56.0. The van der Waals surface area contributed by atoms with Gasteiger partial charge in [-0.1, -0.05) is 275 Å². The summed E-state index contributed by atoms with van der Waals surface area (Å²) in [7, 11) is 1.47. The summed E-state index contributed by atoms with van der Waals surface area (Å²) in [5, 5.41) is 3.03. The Hall–Kier alpha value is -2.29.